The number of aromatic nitrogens is 2. The van der Waals surface area contributed by atoms with Gasteiger partial charge in [-0.2, -0.15) is 0 Å². The molecule has 3 aromatic rings. The summed E-state index contributed by atoms with van der Waals surface area (Å²) in [7, 11) is 3.13. The highest BCUT2D eigenvalue weighted by Gasteiger charge is 2.34. The number of hydrogen-bond acceptors (Lipinski definition) is 7. The minimum atomic E-state index is -0.310. The van der Waals surface area contributed by atoms with Crippen LogP contribution in [-0.2, 0) is 6.42 Å². The number of nitrogens with zero attached hydrogens (tertiary/aromatic N) is 2. The highest BCUT2D eigenvalue weighted by molar-refractivity contribution is 9.10. The largest absolute Gasteiger partial charge is 0.493 e. The molecule has 1 heterocycles. The van der Waals surface area contributed by atoms with Gasteiger partial charge in [-0.3, -0.25) is 4.79 Å². The first-order valence-corrected chi connectivity index (χ1v) is 9.81. The van der Waals surface area contributed by atoms with Gasteiger partial charge in [-0.25, -0.2) is 0 Å². The molecule has 0 bridgehead atoms. The Labute approximate surface area is 168 Å². The maximum atomic E-state index is 12.8. The van der Waals surface area contributed by atoms with Crippen LogP contribution in [0, 0.1) is 0 Å². The molecule has 6 nitrogen and oxygen atoms in total. The summed E-state index contributed by atoms with van der Waals surface area (Å²) in [6, 6.07) is 11.2. The van der Waals surface area contributed by atoms with Crippen molar-refractivity contribution >= 4 is 33.5 Å². The van der Waals surface area contributed by atoms with Gasteiger partial charge in [0.2, 0.25) is 5.89 Å². The molecule has 2 aromatic carbocycles. The van der Waals surface area contributed by atoms with E-state index in [0.717, 1.165) is 15.6 Å². The topological polar surface area (TPSA) is 74.5 Å². The van der Waals surface area contributed by atoms with Gasteiger partial charge in [-0.05, 0) is 48.4 Å². The minimum absolute atomic E-state index is 0.0272. The smallest absolute Gasteiger partial charge is 0.277 e. The molecular weight excluding hydrogens is 432 g/mol. The number of carbonyl (C=O) groups excluding carboxylic acids is 1. The summed E-state index contributed by atoms with van der Waals surface area (Å²) in [5.74, 6) is 1.62. The highest BCUT2D eigenvalue weighted by atomic mass is 79.9. The third kappa shape index (κ3) is 3.46. The number of thioether (sulfide) groups is 1. The van der Waals surface area contributed by atoms with Gasteiger partial charge in [0.25, 0.3) is 5.22 Å². The fourth-order valence-electron chi connectivity index (χ4n) is 2.97. The predicted molar refractivity (Wildman–Crippen MR) is 105 cm³/mol. The van der Waals surface area contributed by atoms with E-state index in [0.29, 0.717) is 34.6 Å². The van der Waals surface area contributed by atoms with E-state index >= 15 is 0 Å². The van der Waals surface area contributed by atoms with E-state index in [2.05, 4.69) is 26.1 Å². The van der Waals surface area contributed by atoms with Crippen molar-refractivity contribution in [1.82, 2.24) is 10.2 Å². The van der Waals surface area contributed by atoms with Crippen molar-refractivity contribution < 1.29 is 18.7 Å². The van der Waals surface area contributed by atoms with Crippen molar-refractivity contribution in [3.63, 3.8) is 0 Å². The summed E-state index contributed by atoms with van der Waals surface area (Å²) in [5, 5.41) is 8.22. The molecule has 1 aliphatic rings. The first kappa shape index (κ1) is 18.1. The Balaban J connectivity index is 1.54. The Bertz CT molecular complexity index is 1000. The van der Waals surface area contributed by atoms with Crippen LogP contribution in [0.25, 0.3) is 11.5 Å². The normalized spacial score (nSPS) is 15.7. The van der Waals surface area contributed by atoms with Crippen molar-refractivity contribution in [3.8, 4) is 23.0 Å². The Hall–Kier alpha value is -2.32. The van der Waals surface area contributed by atoms with Gasteiger partial charge in [0.05, 0.1) is 19.5 Å². The molecular formula is C19H15BrN2O4S. The summed E-state index contributed by atoms with van der Waals surface area (Å²) < 4.78 is 17.3. The molecule has 0 spiro atoms. The maximum Gasteiger partial charge on any atom is 0.277 e. The van der Waals surface area contributed by atoms with Crippen LogP contribution in [0.2, 0.25) is 0 Å². The molecule has 0 N–H and O–H groups in total. The quantitative estimate of drug-likeness (QED) is 0.574. The predicted octanol–water partition coefficient (Wildman–Crippen LogP) is 4.42. The molecule has 4 rings (SSSR count). The summed E-state index contributed by atoms with van der Waals surface area (Å²) in [6.45, 7) is 0. The third-order valence-electron chi connectivity index (χ3n) is 4.31. The minimum Gasteiger partial charge on any atom is -0.493 e. The molecule has 27 heavy (non-hydrogen) atoms. The van der Waals surface area contributed by atoms with E-state index in [-0.39, 0.29) is 11.0 Å². The zero-order valence-electron chi connectivity index (χ0n) is 14.6. The molecule has 1 aliphatic carbocycles. The zero-order valence-corrected chi connectivity index (χ0v) is 17.0. The van der Waals surface area contributed by atoms with Crippen molar-refractivity contribution in [1.29, 1.82) is 0 Å². The number of halogens is 1. The lowest BCUT2D eigenvalue weighted by Gasteiger charge is -2.09. The van der Waals surface area contributed by atoms with Gasteiger partial charge < -0.3 is 13.9 Å². The van der Waals surface area contributed by atoms with Gasteiger partial charge in [-0.15, -0.1) is 10.2 Å². The van der Waals surface area contributed by atoms with E-state index in [1.807, 2.05) is 30.3 Å². The van der Waals surface area contributed by atoms with E-state index in [9.17, 15) is 4.79 Å². The van der Waals surface area contributed by atoms with Gasteiger partial charge in [0, 0.05) is 15.6 Å². The van der Waals surface area contributed by atoms with Gasteiger partial charge in [0.15, 0.2) is 17.3 Å². The molecule has 0 amide bonds. The average molecular weight is 447 g/mol. The molecule has 0 saturated carbocycles. The monoisotopic (exact) mass is 446 g/mol. The molecule has 1 atom stereocenters. The number of Topliss-reactive ketones (excluding diaryl/α,β-unsaturated/α-hetero) is 1. The standard InChI is InChI=1S/C19H15BrN2O4S/c1-24-14-7-11-8-16(17(23)13(11)9-15(14)25-2)27-19-22-21-18(26-19)10-3-5-12(20)6-4-10/h3-7,9,16H,8H2,1-2H3. The lowest BCUT2D eigenvalue weighted by molar-refractivity contribution is 0.0999. The van der Waals surface area contributed by atoms with Crippen molar-refractivity contribution in [2.75, 3.05) is 14.2 Å². The van der Waals surface area contributed by atoms with Crippen LogP contribution >= 0.6 is 27.7 Å². The van der Waals surface area contributed by atoms with Crippen LogP contribution in [0.1, 0.15) is 15.9 Å². The molecule has 0 radical (unpaired) electrons. The Morgan fingerprint density at radius 3 is 2.52 bits per heavy atom. The second-order valence-electron chi connectivity index (χ2n) is 5.92. The first-order chi connectivity index (χ1) is 13.1. The fourth-order valence-corrected chi connectivity index (χ4v) is 4.19. The van der Waals surface area contributed by atoms with Crippen LogP contribution < -0.4 is 9.47 Å². The number of ether oxygens (including phenoxy) is 2. The summed E-state index contributed by atoms with van der Waals surface area (Å²) in [6.07, 6.45) is 0.579. The van der Waals surface area contributed by atoms with E-state index in [1.165, 1.54) is 11.8 Å². The van der Waals surface area contributed by atoms with Crippen molar-refractivity contribution in [2.45, 2.75) is 16.9 Å². The molecule has 0 fully saturated rings. The van der Waals surface area contributed by atoms with Crippen molar-refractivity contribution in [3.05, 3.63) is 52.0 Å². The third-order valence-corrected chi connectivity index (χ3v) is 5.87. The Morgan fingerprint density at radius 2 is 1.81 bits per heavy atom. The van der Waals surface area contributed by atoms with Gasteiger partial charge in [-0.1, -0.05) is 27.7 Å². The van der Waals surface area contributed by atoms with E-state index < -0.39 is 0 Å². The number of ketones is 1. The van der Waals surface area contributed by atoms with Crippen LogP contribution in [0.15, 0.2) is 50.5 Å². The SMILES string of the molecule is COc1cc2c(cc1OC)C(=O)C(Sc1nnc(-c3ccc(Br)cc3)o1)C2. The number of rotatable bonds is 5. The lowest BCUT2D eigenvalue weighted by atomic mass is 10.1. The van der Waals surface area contributed by atoms with Gasteiger partial charge in [0.1, 0.15) is 0 Å². The van der Waals surface area contributed by atoms with Crippen LogP contribution in [0.4, 0.5) is 0 Å². The number of fused-ring (bicyclic) bond motifs is 1. The fraction of sp³-hybridized carbons (Fsp3) is 0.211. The average Bonchev–Trinajstić information content (AvgIpc) is 3.26. The molecule has 0 saturated heterocycles. The van der Waals surface area contributed by atoms with Crippen LogP contribution in [0.3, 0.4) is 0 Å². The number of hydrogen-bond donors (Lipinski definition) is 0. The first-order valence-electron chi connectivity index (χ1n) is 8.14. The molecule has 8 heteroatoms. The van der Waals surface area contributed by atoms with Crippen molar-refractivity contribution in [2.24, 2.45) is 0 Å². The second kappa shape index (κ2) is 7.36. The second-order valence-corrected chi connectivity index (χ2v) is 7.99. The summed E-state index contributed by atoms with van der Waals surface area (Å²) in [5.41, 5.74) is 2.41. The molecule has 138 valence electrons. The molecule has 1 unspecified atom stereocenters. The number of benzene rings is 2. The Kier molecular flexibility index (Phi) is 4.92. The molecule has 0 aliphatic heterocycles. The van der Waals surface area contributed by atoms with Crippen LogP contribution in [0.5, 0.6) is 11.5 Å². The summed E-state index contributed by atoms with van der Waals surface area (Å²) in [4.78, 5) is 12.8. The summed E-state index contributed by atoms with van der Waals surface area (Å²) >= 11 is 4.68. The molecule has 1 aromatic heterocycles. The van der Waals surface area contributed by atoms with E-state index in [4.69, 9.17) is 13.9 Å². The van der Waals surface area contributed by atoms with Gasteiger partial charge >= 0.3 is 0 Å². The van der Waals surface area contributed by atoms with Crippen LogP contribution in [-0.4, -0.2) is 35.5 Å². The maximum absolute atomic E-state index is 12.8. The Morgan fingerprint density at radius 1 is 1.11 bits per heavy atom. The number of methoxy groups -OCH3 is 2. The highest BCUT2D eigenvalue weighted by Crippen LogP contribution is 2.39. The number of carbonyl (C=O) groups is 1. The lowest BCUT2D eigenvalue weighted by Crippen LogP contribution is -2.11. The van der Waals surface area contributed by atoms with E-state index in [1.54, 1.807) is 20.3 Å². The zero-order chi connectivity index (χ0) is 19.0.